The minimum atomic E-state index is -1.06. The van der Waals surface area contributed by atoms with Crippen molar-refractivity contribution in [3.05, 3.63) is 23.8 Å². The Morgan fingerprint density at radius 1 is 1.56 bits per heavy atom. The molecule has 1 aromatic carbocycles. The number of carboxylic acid groups (broad SMARTS) is 1. The van der Waals surface area contributed by atoms with Gasteiger partial charge >= 0.3 is 5.97 Å². The number of amides is 1. The molecule has 1 aliphatic heterocycles. The standard InChI is InChI=1S/C12H14N2O4/c1-7-12(17)14(6-11(15)16)9-3-2-8(5-13)4-10(9)18-7/h2-4,7H,5-6,13H2,1H3,(H,15,16). The lowest BCUT2D eigenvalue weighted by molar-refractivity contribution is -0.137. The number of nitrogens with two attached hydrogens (primary N) is 1. The molecule has 0 saturated carbocycles. The largest absolute Gasteiger partial charge is 0.480 e. The maximum Gasteiger partial charge on any atom is 0.323 e. The van der Waals surface area contributed by atoms with Crippen molar-refractivity contribution in [2.75, 3.05) is 11.4 Å². The van der Waals surface area contributed by atoms with Crippen molar-refractivity contribution < 1.29 is 19.4 Å². The zero-order chi connectivity index (χ0) is 13.3. The number of nitrogens with zero attached hydrogens (tertiary/aromatic N) is 1. The number of carboxylic acids is 1. The number of hydrogen-bond donors (Lipinski definition) is 2. The monoisotopic (exact) mass is 250 g/mol. The Morgan fingerprint density at radius 2 is 2.28 bits per heavy atom. The second-order valence-corrected chi connectivity index (χ2v) is 4.08. The molecule has 0 saturated heterocycles. The molecule has 6 nitrogen and oxygen atoms in total. The maximum atomic E-state index is 11.9. The average molecular weight is 250 g/mol. The highest BCUT2D eigenvalue weighted by molar-refractivity contribution is 6.02. The van der Waals surface area contributed by atoms with Crippen molar-refractivity contribution in [2.24, 2.45) is 5.73 Å². The van der Waals surface area contributed by atoms with Crippen LogP contribution in [0.3, 0.4) is 0 Å². The van der Waals surface area contributed by atoms with Gasteiger partial charge in [0.1, 0.15) is 12.3 Å². The summed E-state index contributed by atoms with van der Waals surface area (Å²) in [6.45, 7) is 1.58. The zero-order valence-electron chi connectivity index (χ0n) is 9.92. The van der Waals surface area contributed by atoms with E-state index in [1.54, 1.807) is 25.1 Å². The van der Waals surface area contributed by atoms with Gasteiger partial charge in [-0.05, 0) is 24.6 Å². The fourth-order valence-electron chi connectivity index (χ4n) is 1.88. The lowest BCUT2D eigenvalue weighted by atomic mass is 10.1. The Morgan fingerprint density at radius 3 is 2.89 bits per heavy atom. The first-order valence-corrected chi connectivity index (χ1v) is 5.55. The van der Waals surface area contributed by atoms with Gasteiger partial charge in [-0.3, -0.25) is 14.5 Å². The van der Waals surface area contributed by atoms with E-state index in [2.05, 4.69) is 0 Å². The molecule has 2 rings (SSSR count). The number of hydrogen-bond acceptors (Lipinski definition) is 4. The molecule has 3 N–H and O–H groups in total. The molecule has 0 aromatic heterocycles. The number of carbonyl (C=O) groups is 2. The molecule has 6 heteroatoms. The first kappa shape index (κ1) is 12.4. The highest BCUT2D eigenvalue weighted by Gasteiger charge is 2.32. The van der Waals surface area contributed by atoms with E-state index in [1.807, 2.05) is 0 Å². The molecule has 1 aliphatic rings. The van der Waals surface area contributed by atoms with Crippen LogP contribution in [0.25, 0.3) is 0 Å². The van der Waals surface area contributed by atoms with Crippen molar-refractivity contribution >= 4 is 17.6 Å². The predicted octanol–water partition coefficient (Wildman–Crippen LogP) is 0.344. The van der Waals surface area contributed by atoms with E-state index >= 15 is 0 Å². The van der Waals surface area contributed by atoms with Crippen LogP contribution in [0.15, 0.2) is 18.2 Å². The van der Waals surface area contributed by atoms with Crippen LogP contribution in [0.5, 0.6) is 5.75 Å². The summed E-state index contributed by atoms with van der Waals surface area (Å²) in [7, 11) is 0. The topological polar surface area (TPSA) is 92.9 Å². The van der Waals surface area contributed by atoms with Gasteiger partial charge in [-0.25, -0.2) is 0 Å². The van der Waals surface area contributed by atoms with Crippen LogP contribution >= 0.6 is 0 Å². The molecule has 0 bridgehead atoms. The Kier molecular flexibility index (Phi) is 3.20. The van der Waals surface area contributed by atoms with Crippen LogP contribution in [-0.2, 0) is 16.1 Å². The summed E-state index contributed by atoms with van der Waals surface area (Å²) in [5, 5.41) is 8.84. The molecule has 0 fully saturated rings. The molecule has 1 unspecified atom stereocenters. The summed E-state index contributed by atoms with van der Waals surface area (Å²) in [5.74, 6) is -0.928. The fraction of sp³-hybridized carbons (Fsp3) is 0.333. The first-order chi connectivity index (χ1) is 8.52. The Bertz CT molecular complexity index is 501. The average Bonchev–Trinajstić information content (AvgIpc) is 2.33. The second-order valence-electron chi connectivity index (χ2n) is 4.08. The summed E-state index contributed by atoms with van der Waals surface area (Å²) in [5.41, 5.74) is 6.87. The van der Waals surface area contributed by atoms with Gasteiger partial charge in [-0.15, -0.1) is 0 Å². The van der Waals surface area contributed by atoms with Gasteiger partial charge in [0.2, 0.25) is 0 Å². The number of fused-ring (bicyclic) bond motifs is 1. The van der Waals surface area contributed by atoms with Gasteiger partial charge in [0.15, 0.2) is 6.10 Å². The molecule has 96 valence electrons. The lowest BCUT2D eigenvalue weighted by Gasteiger charge is -2.32. The summed E-state index contributed by atoms with van der Waals surface area (Å²) >= 11 is 0. The van der Waals surface area contributed by atoms with Crippen LogP contribution < -0.4 is 15.4 Å². The Labute approximate surface area is 104 Å². The van der Waals surface area contributed by atoms with E-state index in [-0.39, 0.29) is 12.5 Å². The molecule has 1 atom stereocenters. The molecule has 0 spiro atoms. The number of benzene rings is 1. The summed E-state index contributed by atoms with van der Waals surface area (Å²) in [6.07, 6.45) is -0.690. The minimum absolute atomic E-state index is 0.356. The van der Waals surface area contributed by atoms with Gasteiger partial charge in [-0.2, -0.15) is 0 Å². The van der Waals surface area contributed by atoms with E-state index in [4.69, 9.17) is 15.6 Å². The predicted molar refractivity (Wildman–Crippen MR) is 64.4 cm³/mol. The summed E-state index contributed by atoms with van der Waals surface area (Å²) < 4.78 is 5.46. The Balaban J connectivity index is 2.43. The van der Waals surface area contributed by atoms with Crippen molar-refractivity contribution in [3.8, 4) is 5.75 Å². The van der Waals surface area contributed by atoms with Crippen LogP contribution in [0, 0.1) is 0 Å². The third-order valence-electron chi connectivity index (χ3n) is 2.76. The van der Waals surface area contributed by atoms with Gasteiger partial charge in [0.25, 0.3) is 5.91 Å². The third-order valence-corrected chi connectivity index (χ3v) is 2.76. The quantitative estimate of drug-likeness (QED) is 0.807. The highest BCUT2D eigenvalue weighted by atomic mass is 16.5. The number of carbonyl (C=O) groups excluding carboxylic acids is 1. The molecule has 0 radical (unpaired) electrons. The number of anilines is 1. The van der Waals surface area contributed by atoms with Crippen molar-refractivity contribution in [2.45, 2.75) is 19.6 Å². The summed E-state index contributed by atoms with van der Waals surface area (Å²) in [4.78, 5) is 23.9. The lowest BCUT2D eigenvalue weighted by Crippen LogP contribution is -2.46. The molecular formula is C12H14N2O4. The van der Waals surface area contributed by atoms with Crippen molar-refractivity contribution in [3.63, 3.8) is 0 Å². The van der Waals surface area contributed by atoms with Crippen LogP contribution in [0.2, 0.25) is 0 Å². The van der Waals surface area contributed by atoms with Gasteiger partial charge in [0, 0.05) is 6.54 Å². The van der Waals surface area contributed by atoms with E-state index in [1.165, 1.54) is 4.90 Å². The van der Waals surface area contributed by atoms with Gasteiger partial charge in [-0.1, -0.05) is 6.07 Å². The third kappa shape index (κ3) is 2.14. The van der Waals surface area contributed by atoms with Gasteiger partial charge < -0.3 is 15.6 Å². The minimum Gasteiger partial charge on any atom is -0.480 e. The number of ether oxygens (including phenoxy) is 1. The molecule has 1 amide bonds. The molecule has 18 heavy (non-hydrogen) atoms. The number of rotatable bonds is 3. The van der Waals surface area contributed by atoms with Crippen LogP contribution in [0.4, 0.5) is 5.69 Å². The van der Waals surface area contributed by atoms with E-state index in [0.29, 0.717) is 18.0 Å². The van der Waals surface area contributed by atoms with E-state index < -0.39 is 12.1 Å². The van der Waals surface area contributed by atoms with E-state index in [9.17, 15) is 9.59 Å². The van der Waals surface area contributed by atoms with Crippen LogP contribution in [0.1, 0.15) is 12.5 Å². The highest BCUT2D eigenvalue weighted by Crippen LogP contribution is 2.34. The SMILES string of the molecule is CC1Oc2cc(CN)ccc2N(CC(=O)O)C1=O. The van der Waals surface area contributed by atoms with Crippen molar-refractivity contribution in [1.29, 1.82) is 0 Å². The zero-order valence-corrected chi connectivity index (χ0v) is 9.92. The molecule has 1 heterocycles. The van der Waals surface area contributed by atoms with Gasteiger partial charge in [0.05, 0.1) is 5.69 Å². The molecular weight excluding hydrogens is 236 g/mol. The van der Waals surface area contributed by atoms with Crippen molar-refractivity contribution in [1.82, 2.24) is 0 Å². The number of aliphatic carboxylic acids is 1. The maximum absolute atomic E-state index is 11.9. The first-order valence-electron chi connectivity index (χ1n) is 5.55. The fourth-order valence-corrected chi connectivity index (χ4v) is 1.88. The Hall–Kier alpha value is -2.08. The van der Waals surface area contributed by atoms with E-state index in [0.717, 1.165) is 5.56 Å². The second kappa shape index (κ2) is 4.66. The van der Waals surface area contributed by atoms with Crippen LogP contribution in [-0.4, -0.2) is 29.6 Å². The molecule has 0 aliphatic carbocycles. The summed E-state index contributed by atoms with van der Waals surface area (Å²) in [6, 6.07) is 5.14. The smallest absolute Gasteiger partial charge is 0.323 e. The normalized spacial score (nSPS) is 18.2. The molecule has 1 aromatic rings.